The van der Waals surface area contributed by atoms with Gasteiger partial charge in [0.15, 0.2) is 0 Å². The van der Waals surface area contributed by atoms with Crippen molar-refractivity contribution in [3.05, 3.63) is 30.1 Å². The molecule has 2 rings (SSSR count). The molecule has 0 amide bonds. The lowest BCUT2D eigenvalue weighted by Crippen LogP contribution is -2.05. The molecule has 0 radical (unpaired) electrons. The van der Waals surface area contributed by atoms with Crippen molar-refractivity contribution in [3.8, 4) is 22.9 Å². The summed E-state index contributed by atoms with van der Waals surface area (Å²) in [5.41, 5.74) is 0.789. The Morgan fingerprint density at radius 3 is 2.58 bits per heavy atom. The summed E-state index contributed by atoms with van der Waals surface area (Å²) in [6.07, 6.45) is 1.32. The van der Waals surface area contributed by atoms with Crippen LogP contribution in [-0.2, 0) is 7.05 Å². The first-order valence-electron chi connectivity index (χ1n) is 5.56. The number of aromatic nitrogens is 2. The maximum atomic E-state index is 11.0. The van der Waals surface area contributed by atoms with Crippen molar-refractivity contribution in [1.82, 2.24) is 9.55 Å². The van der Waals surface area contributed by atoms with E-state index in [1.165, 1.54) is 10.8 Å². The van der Waals surface area contributed by atoms with Crippen LogP contribution in [0.25, 0.3) is 11.4 Å². The first kappa shape index (κ1) is 12.9. The average molecular weight is 262 g/mol. The number of hydrogen-bond acceptors (Lipinski definition) is 4. The van der Waals surface area contributed by atoms with Crippen LogP contribution >= 0.6 is 0 Å². The summed E-state index contributed by atoms with van der Waals surface area (Å²) >= 11 is 0. The molecule has 19 heavy (non-hydrogen) atoms. The smallest absolute Gasteiger partial charge is 0.354 e. The Morgan fingerprint density at radius 2 is 2.05 bits per heavy atom. The van der Waals surface area contributed by atoms with Gasteiger partial charge in [-0.3, -0.25) is 0 Å². The fourth-order valence-corrected chi connectivity index (χ4v) is 1.85. The van der Waals surface area contributed by atoms with Gasteiger partial charge in [0, 0.05) is 7.05 Å². The molecule has 6 heteroatoms. The van der Waals surface area contributed by atoms with Crippen LogP contribution in [0.3, 0.4) is 0 Å². The number of nitrogens with zero attached hydrogens (tertiary/aromatic N) is 2. The maximum absolute atomic E-state index is 11.0. The van der Waals surface area contributed by atoms with Crippen molar-refractivity contribution < 1.29 is 19.4 Å². The molecule has 0 fully saturated rings. The van der Waals surface area contributed by atoms with E-state index in [1.54, 1.807) is 39.5 Å². The number of imidazole rings is 1. The van der Waals surface area contributed by atoms with Crippen molar-refractivity contribution in [3.63, 3.8) is 0 Å². The van der Waals surface area contributed by atoms with Crippen LogP contribution in [0.1, 0.15) is 10.5 Å². The fraction of sp³-hybridized carbons (Fsp3) is 0.231. The molecular formula is C13H14N2O4. The minimum atomic E-state index is -1.02. The van der Waals surface area contributed by atoms with Gasteiger partial charge in [0.2, 0.25) is 0 Å². The molecule has 0 aliphatic heterocycles. The van der Waals surface area contributed by atoms with E-state index in [2.05, 4.69) is 4.98 Å². The summed E-state index contributed by atoms with van der Waals surface area (Å²) in [6, 6.07) is 5.28. The Balaban J connectivity index is 2.60. The molecule has 0 atom stereocenters. The van der Waals surface area contributed by atoms with Crippen LogP contribution in [0.5, 0.6) is 11.5 Å². The van der Waals surface area contributed by atoms with E-state index < -0.39 is 5.97 Å². The number of rotatable bonds is 4. The second kappa shape index (κ2) is 5.01. The molecule has 1 N–H and O–H groups in total. The van der Waals surface area contributed by atoms with Gasteiger partial charge < -0.3 is 19.1 Å². The molecule has 0 unspecified atom stereocenters. The molecule has 1 aromatic heterocycles. The second-order valence-electron chi connectivity index (χ2n) is 3.90. The lowest BCUT2D eigenvalue weighted by molar-refractivity contribution is 0.0686. The summed E-state index contributed by atoms with van der Waals surface area (Å²) in [7, 11) is 4.75. The van der Waals surface area contributed by atoms with Crippen LogP contribution in [0.15, 0.2) is 24.4 Å². The molecule has 0 saturated heterocycles. The van der Waals surface area contributed by atoms with Gasteiger partial charge >= 0.3 is 5.97 Å². The monoisotopic (exact) mass is 262 g/mol. The lowest BCUT2D eigenvalue weighted by atomic mass is 10.1. The summed E-state index contributed by atoms with van der Waals surface area (Å²) in [4.78, 5) is 15.2. The van der Waals surface area contributed by atoms with Crippen molar-refractivity contribution in [2.75, 3.05) is 14.2 Å². The second-order valence-corrected chi connectivity index (χ2v) is 3.90. The zero-order valence-corrected chi connectivity index (χ0v) is 10.9. The largest absolute Gasteiger partial charge is 0.497 e. The third-order valence-electron chi connectivity index (χ3n) is 2.85. The molecule has 100 valence electrons. The number of carbonyl (C=O) groups is 1. The number of carboxylic acid groups (broad SMARTS) is 1. The Hall–Kier alpha value is -2.50. The van der Waals surface area contributed by atoms with Gasteiger partial charge in [0.25, 0.3) is 0 Å². The normalized spacial score (nSPS) is 10.3. The van der Waals surface area contributed by atoms with Crippen LogP contribution in [0, 0.1) is 0 Å². The molecule has 0 bridgehead atoms. The summed E-state index contributed by atoms with van der Waals surface area (Å²) < 4.78 is 11.9. The summed E-state index contributed by atoms with van der Waals surface area (Å²) in [5.74, 6) is 0.735. The van der Waals surface area contributed by atoms with Crippen LogP contribution in [-0.4, -0.2) is 34.8 Å². The highest BCUT2D eigenvalue weighted by Crippen LogP contribution is 2.32. The number of methoxy groups -OCH3 is 2. The lowest BCUT2D eigenvalue weighted by Gasteiger charge is -2.10. The van der Waals surface area contributed by atoms with Crippen molar-refractivity contribution in [2.24, 2.45) is 7.05 Å². The fourth-order valence-electron chi connectivity index (χ4n) is 1.85. The summed E-state index contributed by atoms with van der Waals surface area (Å²) in [6.45, 7) is 0. The highest BCUT2D eigenvalue weighted by molar-refractivity contribution is 5.86. The number of aromatic carboxylic acids is 1. The zero-order chi connectivity index (χ0) is 14.0. The zero-order valence-electron chi connectivity index (χ0n) is 10.9. The molecule has 0 spiro atoms. The first-order valence-corrected chi connectivity index (χ1v) is 5.56. The molecule has 0 saturated carbocycles. The molecule has 0 aliphatic carbocycles. The molecule has 6 nitrogen and oxygen atoms in total. The van der Waals surface area contributed by atoms with Gasteiger partial charge in [-0.2, -0.15) is 0 Å². The van der Waals surface area contributed by atoms with Crippen molar-refractivity contribution in [2.45, 2.75) is 0 Å². The minimum Gasteiger partial charge on any atom is -0.497 e. The SMILES string of the molecule is COc1ccc(OC)c(-c2ncc(C(=O)O)n2C)c1. The van der Waals surface area contributed by atoms with E-state index in [0.717, 1.165) is 0 Å². The Labute approximate surface area is 110 Å². The average Bonchev–Trinajstić information content (AvgIpc) is 2.79. The quantitative estimate of drug-likeness (QED) is 0.909. The van der Waals surface area contributed by atoms with Gasteiger partial charge in [-0.1, -0.05) is 0 Å². The van der Waals surface area contributed by atoms with E-state index in [1.807, 2.05) is 0 Å². The van der Waals surface area contributed by atoms with Crippen molar-refractivity contribution >= 4 is 5.97 Å². The van der Waals surface area contributed by atoms with E-state index in [4.69, 9.17) is 14.6 Å². The van der Waals surface area contributed by atoms with Crippen LogP contribution in [0.2, 0.25) is 0 Å². The van der Waals surface area contributed by atoms with Gasteiger partial charge in [-0.25, -0.2) is 9.78 Å². The van der Waals surface area contributed by atoms with Crippen LogP contribution in [0.4, 0.5) is 0 Å². The Morgan fingerprint density at radius 1 is 1.32 bits per heavy atom. The Kier molecular flexibility index (Phi) is 3.41. The third kappa shape index (κ3) is 2.24. The van der Waals surface area contributed by atoms with Gasteiger partial charge in [-0.05, 0) is 18.2 Å². The van der Waals surface area contributed by atoms with Gasteiger partial charge in [0.05, 0.1) is 26.0 Å². The molecule has 1 heterocycles. The molecule has 0 aliphatic rings. The van der Waals surface area contributed by atoms with Gasteiger partial charge in [0.1, 0.15) is 23.0 Å². The molecule has 2 aromatic rings. The predicted molar refractivity (Wildman–Crippen MR) is 68.7 cm³/mol. The minimum absolute atomic E-state index is 0.111. The van der Waals surface area contributed by atoms with Crippen molar-refractivity contribution in [1.29, 1.82) is 0 Å². The highest BCUT2D eigenvalue weighted by Gasteiger charge is 2.17. The summed E-state index contributed by atoms with van der Waals surface area (Å²) in [5, 5.41) is 9.04. The highest BCUT2D eigenvalue weighted by atomic mass is 16.5. The van der Waals surface area contributed by atoms with Gasteiger partial charge in [-0.15, -0.1) is 0 Å². The molecular weight excluding hydrogens is 248 g/mol. The number of hydrogen-bond donors (Lipinski definition) is 1. The third-order valence-corrected chi connectivity index (χ3v) is 2.85. The van der Waals surface area contributed by atoms with E-state index >= 15 is 0 Å². The number of benzene rings is 1. The van der Waals surface area contributed by atoms with E-state index in [-0.39, 0.29) is 5.69 Å². The predicted octanol–water partition coefficient (Wildman–Crippen LogP) is 1.80. The first-order chi connectivity index (χ1) is 9.08. The Bertz CT molecular complexity index is 619. The van der Waals surface area contributed by atoms with Crippen LogP contribution < -0.4 is 9.47 Å². The van der Waals surface area contributed by atoms with E-state index in [0.29, 0.717) is 22.9 Å². The van der Waals surface area contributed by atoms with E-state index in [9.17, 15) is 4.79 Å². The topological polar surface area (TPSA) is 73.6 Å². The standard InChI is InChI=1S/C13H14N2O4/c1-15-10(13(16)17)7-14-12(15)9-6-8(18-2)4-5-11(9)19-3/h4-7H,1-3H3,(H,16,17). The number of carboxylic acids is 1. The molecule has 1 aromatic carbocycles. The maximum Gasteiger partial charge on any atom is 0.354 e. The number of ether oxygens (including phenoxy) is 2.